The van der Waals surface area contributed by atoms with E-state index in [0.717, 1.165) is 24.7 Å². The predicted molar refractivity (Wildman–Crippen MR) is 82.7 cm³/mol. The number of hydrogen-bond donors (Lipinski definition) is 1. The molecule has 0 fully saturated rings. The molecule has 1 N–H and O–H groups in total. The maximum Gasteiger partial charge on any atom is 0.234 e. The molecule has 0 amide bonds. The summed E-state index contributed by atoms with van der Waals surface area (Å²) in [5, 5.41) is 9.86. The zero-order valence-corrected chi connectivity index (χ0v) is 11.8. The second-order valence-electron chi connectivity index (χ2n) is 5.27. The molecule has 0 radical (unpaired) electrons. The van der Waals surface area contributed by atoms with Gasteiger partial charge in [0.25, 0.3) is 0 Å². The lowest BCUT2D eigenvalue weighted by Crippen LogP contribution is -2.01. The van der Waals surface area contributed by atoms with Gasteiger partial charge in [0.05, 0.1) is 5.39 Å². The van der Waals surface area contributed by atoms with E-state index in [1.807, 2.05) is 6.07 Å². The molecule has 3 rings (SSSR count). The van der Waals surface area contributed by atoms with Gasteiger partial charge in [-0.25, -0.2) is 0 Å². The lowest BCUT2D eigenvalue weighted by Gasteiger charge is -2.04. The molecule has 3 heteroatoms. The van der Waals surface area contributed by atoms with E-state index in [0.29, 0.717) is 11.0 Å². The minimum Gasteiger partial charge on any atom is -0.502 e. The van der Waals surface area contributed by atoms with Crippen molar-refractivity contribution in [2.45, 2.75) is 19.8 Å². The Morgan fingerprint density at radius 2 is 1.67 bits per heavy atom. The SMILES string of the molecule is Cc1ccc(CCc2ccc3occ(O)c(=O)c3c2)cc1. The molecule has 0 aliphatic heterocycles. The molecule has 0 bridgehead atoms. The van der Waals surface area contributed by atoms with Crippen LogP contribution in [0.15, 0.2) is 57.9 Å². The highest BCUT2D eigenvalue weighted by Gasteiger charge is 2.06. The van der Waals surface area contributed by atoms with E-state index in [4.69, 9.17) is 4.42 Å². The fourth-order valence-corrected chi connectivity index (χ4v) is 2.37. The third-order valence-electron chi connectivity index (χ3n) is 3.64. The Morgan fingerprint density at radius 1 is 1.00 bits per heavy atom. The van der Waals surface area contributed by atoms with Crippen molar-refractivity contribution in [2.24, 2.45) is 0 Å². The van der Waals surface area contributed by atoms with Gasteiger partial charge in [0.2, 0.25) is 5.43 Å². The molecular weight excluding hydrogens is 264 g/mol. The van der Waals surface area contributed by atoms with Crippen molar-refractivity contribution in [3.63, 3.8) is 0 Å². The highest BCUT2D eigenvalue weighted by molar-refractivity contribution is 5.78. The van der Waals surface area contributed by atoms with E-state index < -0.39 is 0 Å². The number of hydrogen-bond acceptors (Lipinski definition) is 3. The lowest BCUT2D eigenvalue weighted by molar-refractivity contribution is 0.442. The third kappa shape index (κ3) is 2.82. The fraction of sp³-hybridized carbons (Fsp3) is 0.167. The summed E-state index contributed by atoms with van der Waals surface area (Å²) in [6, 6.07) is 14.0. The Balaban J connectivity index is 1.86. The van der Waals surface area contributed by atoms with Crippen molar-refractivity contribution in [1.82, 2.24) is 0 Å². The first-order valence-electron chi connectivity index (χ1n) is 6.92. The normalized spacial score (nSPS) is 10.9. The first-order chi connectivity index (χ1) is 10.1. The van der Waals surface area contributed by atoms with Gasteiger partial charge in [0, 0.05) is 0 Å². The fourth-order valence-electron chi connectivity index (χ4n) is 2.37. The molecule has 0 saturated heterocycles. The maximum absolute atomic E-state index is 11.9. The Bertz CT molecular complexity index is 829. The molecule has 1 aromatic heterocycles. The van der Waals surface area contributed by atoms with E-state index in [2.05, 4.69) is 31.2 Å². The van der Waals surface area contributed by atoms with E-state index in [1.54, 1.807) is 12.1 Å². The van der Waals surface area contributed by atoms with Crippen LogP contribution in [0.1, 0.15) is 16.7 Å². The zero-order chi connectivity index (χ0) is 14.8. The van der Waals surface area contributed by atoms with Gasteiger partial charge >= 0.3 is 0 Å². The summed E-state index contributed by atoms with van der Waals surface area (Å²) in [4.78, 5) is 11.9. The average molecular weight is 280 g/mol. The van der Waals surface area contributed by atoms with Crippen LogP contribution >= 0.6 is 0 Å². The second kappa shape index (κ2) is 5.44. The minimum atomic E-state index is -0.381. The second-order valence-corrected chi connectivity index (χ2v) is 5.27. The van der Waals surface area contributed by atoms with Crippen LogP contribution in [0.2, 0.25) is 0 Å². The molecule has 0 saturated carbocycles. The van der Waals surface area contributed by atoms with E-state index in [-0.39, 0.29) is 11.2 Å². The van der Waals surface area contributed by atoms with Crippen molar-refractivity contribution in [3.05, 3.63) is 75.6 Å². The van der Waals surface area contributed by atoms with Gasteiger partial charge in [-0.3, -0.25) is 4.79 Å². The minimum absolute atomic E-state index is 0.349. The average Bonchev–Trinajstić information content (AvgIpc) is 2.51. The molecule has 0 spiro atoms. The maximum atomic E-state index is 11.9. The van der Waals surface area contributed by atoms with Crippen LogP contribution in [0.5, 0.6) is 5.75 Å². The van der Waals surface area contributed by atoms with Crippen LogP contribution in [0.25, 0.3) is 11.0 Å². The van der Waals surface area contributed by atoms with Crippen LogP contribution in [0.4, 0.5) is 0 Å². The molecule has 0 aliphatic carbocycles. The summed E-state index contributed by atoms with van der Waals surface area (Å²) < 4.78 is 5.20. The van der Waals surface area contributed by atoms with Gasteiger partial charge in [-0.2, -0.15) is 0 Å². The van der Waals surface area contributed by atoms with Crippen LogP contribution < -0.4 is 5.43 Å². The highest BCUT2D eigenvalue weighted by atomic mass is 16.3. The van der Waals surface area contributed by atoms with Crippen molar-refractivity contribution in [1.29, 1.82) is 0 Å². The first kappa shape index (κ1) is 13.4. The lowest BCUT2D eigenvalue weighted by atomic mass is 10.0. The quantitative estimate of drug-likeness (QED) is 0.797. The molecule has 1 heterocycles. The standard InChI is InChI=1S/C18H16O3/c1-12-2-4-13(5-3-12)6-7-14-8-9-17-15(10-14)18(20)16(19)11-21-17/h2-5,8-11,19H,6-7H2,1H3. The predicted octanol–water partition coefficient (Wildman–Crippen LogP) is 3.59. The first-order valence-corrected chi connectivity index (χ1v) is 6.92. The number of aromatic hydroxyl groups is 1. The summed E-state index contributed by atoms with van der Waals surface area (Å²) in [5.74, 6) is -0.349. The summed E-state index contributed by atoms with van der Waals surface area (Å²) in [6.07, 6.45) is 2.83. The third-order valence-corrected chi connectivity index (χ3v) is 3.64. The van der Waals surface area contributed by atoms with Crippen molar-refractivity contribution >= 4 is 11.0 Å². The summed E-state index contributed by atoms with van der Waals surface area (Å²) in [5.41, 5.74) is 3.69. The van der Waals surface area contributed by atoms with Crippen LogP contribution in [0.3, 0.4) is 0 Å². The van der Waals surface area contributed by atoms with E-state index in [9.17, 15) is 9.90 Å². The van der Waals surface area contributed by atoms with Crippen LogP contribution in [-0.2, 0) is 12.8 Å². The van der Waals surface area contributed by atoms with Crippen LogP contribution in [-0.4, -0.2) is 5.11 Å². The molecule has 106 valence electrons. The number of benzene rings is 2. The van der Waals surface area contributed by atoms with Gasteiger partial charge in [0.1, 0.15) is 11.8 Å². The van der Waals surface area contributed by atoms with Crippen molar-refractivity contribution in [3.8, 4) is 5.75 Å². The Morgan fingerprint density at radius 3 is 2.43 bits per heavy atom. The molecule has 3 aromatic rings. The summed E-state index contributed by atoms with van der Waals surface area (Å²) >= 11 is 0. The number of aryl methyl sites for hydroxylation is 3. The Kier molecular flexibility index (Phi) is 3.48. The van der Waals surface area contributed by atoms with Crippen molar-refractivity contribution in [2.75, 3.05) is 0 Å². The highest BCUT2D eigenvalue weighted by Crippen LogP contribution is 2.17. The molecule has 0 aliphatic rings. The van der Waals surface area contributed by atoms with Gasteiger partial charge in [0.15, 0.2) is 5.75 Å². The number of rotatable bonds is 3. The molecule has 21 heavy (non-hydrogen) atoms. The van der Waals surface area contributed by atoms with Crippen molar-refractivity contribution < 1.29 is 9.52 Å². The molecule has 2 aromatic carbocycles. The molecule has 3 nitrogen and oxygen atoms in total. The topological polar surface area (TPSA) is 50.4 Å². The zero-order valence-electron chi connectivity index (χ0n) is 11.8. The van der Waals surface area contributed by atoms with Crippen LogP contribution in [0, 0.1) is 6.92 Å². The summed E-state index contributed by atoms with van der Waals surface area (Å²) in [6.45, 7) is 2.07. The van der Waals surface area contributed by atoms with E-state index >= 15 is 0 Å². The smallest absolute Gasteiger partial charge is 0.234 e. The largest absolute Gasteiger partial charge is 0.502 e. The summed E-state index contributed by atoms with van der Waals surface area (Å²) in [7, 11) is 0. The van der Waals surface area contributed by atoms with Gasteiger partial charge < -0.3 is 9.52 Å². The molecule has 0 unspecified atom stereocenters. The molecular formula is C18H16O3. The van der Waals surface area contributed by atoms with E-state index in [1.165, 1.54) is 11.1 Å². The van der Waals surface area contributed by atoms with Gasteiger partial charge in [-0.05, 0) is 43.0 Å². The molecule has 0 atom stereocenters. The Hall–Kier alpha value is -2.55. The van der Waals surface area contributed by atoms with Gasteiger partial charge in [-0.1, -0.05) is 35.9 Å². The monoisotopic (exact) mass is 280 g/mol. The Labute approximate surface area is 122 Å². The van der Waals surface area contributed by atoms with Gasteiger partial charge in [-0.15, -0.1) is 0 Å². The number of fused-ring (bicyclic) bond motifs is 1.